The Labute approximate surface area is 106 Å². The third-order valence-corrected chi connectivity index (χ3v) is 2.30. The number of rotatable bonds is 5. The Morgan fingerprint density at radius 3 is 2.78 bits per heavy atom. The monoisotopic (exact) mass is 251 g/mol. The van der Waals surface area contributed by atoms with E-state index in [2.05, 4.69) is 5.32 Å². The molecule has 0 radical (unpaired) electrons. The minimum Gasteiger partial charge on any atom is -0.481 e. The zero-order valence-corrected chi connectivity index (χ0v) is 10.5. The molecule has 1 aromatic carbocycles. The van der Waals surface area contributed by atoms with E-state index in [1.165, 1.54) is 0 Å². The number of aryl methyl sites for hydroxylation is 1. The van der Waals surface area contributed by atoms with Gasteiger partial charge in [-0.25, -0.2) is 4.79 Å². The van der Waals surface area contributed by atoms with Gasteiger partial charge in [0.05, 0.1) is 6.42 Å². The molecule has 0 aliphatic carbocycles. The maximum absolute atomic E-state index is 11.4. The molecule has 98 valence electrons. The van der Waals surface area contributed by atoms with Gasteiger partial charge >= 0.3 is 12.1 Å². The Hall–Kier alpha value is -2.04. The minimum atomic E-state index is -0.957. The van der Waals surface area contributed by atoms with Gasteiger partial charge in [-0.1, -0.05) is 29.8 Å². The van der Waals surface area contributed by atoms with Gasteiger partial charge in [-0.2, -0.15) is 0 Å². The molecular weight excluding hydrogens is 234 g/mol. The first-order valence-corrected chi connectivity index (χ1v) is 5.68. The minimum absolute atomic E-state index is 0.125. The van der Waals surface area contributed by atoms with Crippen molar-refractivity contribution in [3.8, 4) is 0 Å². The fourth-order valence-corrected chi connectivity index (χ4v) is 1.51. The number of hydrogen-bond acceptors (Lipinski definition) is 3. The van der Waals surface area contributed by atoms with E-state index in [9.17, 15) is 9.59 Å². The fourth-order valence-electron chi connectivity index (χ4n) is 1.51. The molecule has 0 bridgehead atoms. The smallest absolute Gasteiger partial charge is 0.407 e. The van der Waals surface area contributed by atoms with Crippen LogP contribution in [0.4, 0.5) is 4.79 Å². The zero-order chi connectivity index (χ0) is 13.5. The molecular formula is C13H17NO4. The van der Waals surface area contributed by atoms with Gasteiger partial charge in [-0.15, -0.1) is 0 Å². The maximum atomic E-state index is 11.4. The second-order valence-electron chi connectivity index (χ2n) is 4.21. The summed E-state index contributed by atoms with van der Waals surface area (Å²) in [5, 5.41) is 11.0. The van der Waals surface area contributed by atoms with E-state index in [-0.39, 0.29) is 13.0 Å². The van der Waals surface area contributed by atoms with E-state index >= 15 is 0 Å². The number of carbonyl (C=O) groups excluding carboxylic acids is 1. The average Bonchev–Trinajstić information content (AvgIpc) is 2.25. The van der Waals surface area contributed by atoms with Gasteiger partial charge in [0.2, 0.25) is 0 Å². The first kappa shape index (κ1) is 14.0. The van der Waals surface area contributed by atoms with Crippen molar-refractivity contribution in [2.45, 2.75) is 32.9 Å². The Kier molecular flexibility index (Phi) is 5.17. The quantitative estimate of drug-likeness (QED) is 0.840. The number of hydrogen-bond donors (Lipinski definition) is 2. The Bertz CT molecular complexity index is 431. The first-order valence-electron chi connectivity index (χ1n) is 5.68. The number of carboxylic acid groups (broad SMARTS) is 1. The van der Waals surface area contributed by atoms with Crippen LogP contribution in [0.2, 0.25) is 0 Å². The van der Waals surface area contributed by atoms with Gasteiger partial charge in [0.25, 0.3) is 0 Å². The summed E-state index contributed by atoms with van der Waals surface area (Å²) in [6, 6.07) is 7.18. The van der Waals surface area contributed by atoms with Crippen molar-refractivity contribution in [1.82, 2.24) is 5.32 Å². The van der Waals surface area contributed by atoms with Crippen molar-refractivity contribution in [2.75, 3.05) is 0 Å². The highest BCUT2D eigenvalue weighted by atomic mass is 16.5. The van der Waals surface area contributed by atoms with Gasteiger partial charge in [-0.3, -0.25) is 4.79 Å². The van der Waals surface area contributed by atoms with Crippen molar-refractivity contribution in [1.29, 1.82) is 0 Å². The summed E-state index contributed by atoms with van der Waals surface area (Å²) < 4.78 is 4.99. The summed E-state index contributed by atoms with van der Waals surface area (Å²) in [4.78, 5) is 21.8. The summed E-state index contributed by atoms with van der Waals surface area (Å²) in [6.07, 6.45) is -0.732. The number of carboxylic acids is 1. The second-order valence-corrected chi connectivity index (χ2v) is 4.21. The Balaban J connectivity index is 2.35. The zero-order valence-electron chi connectivity index (χ0n) is 10.5. The summed E-state index contributed by atoms with van der Waals surface area (Å²) in [7, 11) is 0. The van der Waals surface area contributed by atoms with E-state index in [1.807, 2.05) is 31.2 Å². The molecule has 0 aliphatic heterocycles. The molecule has 18 heavy (non-hydrogen) atoms. The van der Waals surface area contributed by atoms with E-state index in [0.717, 1.165) is 11.1 Å². The van der Waals surface area contributed by atoms with Crippen LogP contribution < -0.4 is 5.32 Å². The van der Waals surface area contributed by atoms with Crippen LogP contribution in [0.25, 0.3) is 0 Å². The lowest BCUT2D eigenvalue weighted by molar-refractivity contribution is -0.137. The molecule has 1 amide bonds. The number of aliphatic carboxylic acids is 1. The van der Waals surface area contributed by atoms with E-state index in [0.29, 0.717) is 0 Å². The van der Waals surface area contributed by atoms with Gasteiger partial charge in [0, 0.05) is 6.04 Å². The number of ether oxygens (including phenoxy) is 1. The molecule has 0 saturated carbocycles. The van der Waals surface area contributed by atoms with Gasteiger partial charge in [-0.05, 0) is 19.4 Å². The summed E-state index contributed by atoms with van der Waals surface area (Å²) >= 11 is 0. The normalized spacial score (nSPS) is 11.7. The lowest BCUT2D eigenvalue weighted by Gasteiger charge is -2.12. The van der Waals surface area contributed by atoms with E-state index in [1.54, 1.807) is 6.92 Å². The SMILES string of the molecule is Cc1cccc(COC(=O)NC(C)CC(=O)O)c1. The molecule has 0 fully saturated rings. The lowest BCUT2D eigenvalue weighted by atomic mass is 10.1. The Morgan fingerprint density at radius 1 is 1.44 bits per heavy atom. The van der Waals surface area contributed by atoms with Gasteiger partial charge in [0.1, 0.15) is 6.61 Å². The molecule has 1 unspecified atom stereocenters. The van der Waals surface area contributed by atoms with Crippen LogP contribution in [0, 0.1) is 6.92 Å². The predicted molar refractivity (Wildman–Crippen MR) is 66.2 cm³/mol. The second kappa shape index (κ2) is 6.64. The lowest BCUT2D eigenvalue weighted by Crippen LogP contribution is -2.34. The number of carbonyl (C=O) groups is 2. The molecule has 1 aromatic rings. The molecule has 0 aromatic heterocycles. The van der Waals surface area contributed by atoms with Crippen LogP contribution in [-0.4, -0.2) is 23.2 Å². The molecule has 1 atom stereocenters. The van der Waals surface area contributed by atoms with Gasteiger partial charge in [0.15, 0.2) is 0 Å². The van der Waals surface area contributed by atoms with Crippen molar-refractivity contribution < 1.29 is 19.4 Å². The number of benzene rings is 1. The van der Waals surface area contributed by atoms with Crippen LogP contribution in [0.5, 0.6) is 0 Å². The molecule has 0 spiro atoms. The van der Waals surface area contributed by atoms with Crippen molar-refractivity contribution in [3.05, 3.63) is 35.4 Å². The highest BCUT2D eigenvalue weighted by molar-refractivity contribution is 5.71. The Morgan fingerprint density at radius 2 is 2.17 bits per heavy atom. The largest absolute Gasteiger partial charge is 0.481 e. The van der Waals surface area contributed by atoms with Crippen molar-refractivity contribution >= 4 is 12.1 Å². The summed E-state index contributed by atoms with van der Waals surface area (Å²) in [6.45, 7) is 3.74. The maximum Gasteiger partial charge on any atom is 0.407 e. The van der Waals surface area contributed by atoms with Crippen LogP contribution in [0.3, 0.4) is 0 Å². The van der Waals surface area contributed by atoms with Crippen LogP contribution in [0.1, 0.15) is 24.5 Å². The summed E-state index contributed by atoms with van der Waals surface area (Å²) in [5.74, 6) is -0.957. The molecule has 5 nitrogen and oxygen atoms in total. The van der Waals surface area contributed by atoms with Crippen molar-refractivity contribution in [3.63, 3.8) is 0 Å². The molecule has 0 heterocycles. The highest BCUT2D eigenvalue weighted by Gasteiger charge is 2.11. The molecule has 0 saturated heterocycles. The van der Waals surface area contributed by atoms with Crippen molar-refractivity contribution in [2.24, 2.45) is 0 Å². The standard InChI is InChI=1S/C13H17NO4/c1-9-4-3-5-11(6-9)8-18-13(17)14-10(2)7-12(15)16/h3-6,10H,7-8H2,1-2H3,(H,14,17)(H,15,16). The average molecular weight is 251 g/mol. The van der Waals surface area contributed by atoms with E-state index in [4.69, 9.17) is 9.84 Å². The molecule has 2 N–H and O–H groups in total. The number of nitrogens with one attached hydrogen (secondary N) is 1. The highest BCUT2D eigenvalue weighted by Crippen LogP contribution is 2.05. The van der Waals surface area contributed by atoms with Crippen LogP contribution in [-0.2, 0) is 16.1 Å². The topological polar surface area (TPSA) is 75.6 Å². The predicted octanol–water partition coefficient (Wildman–Crippen LogP) is 2.08. The van der Waals surface area contributed by atoms with Crippen LogP contribution in [0.15, 0.2) is 24.3 Å². The van der Waals surface area contributed by atoms with Gasteiger partial charge < -0.3 is 15.2 Å². The molecule has 5 heteroatoms. The third-order valence-electron chi connectivity index (χ3n) is 2.30. The number of alkyl carbamates (subject to hydrolysis) is 1. The van der Waals surface area contributed by atoms with E-state index < -0.39 is 18.1 Å². The molecule has 1 rings (SSSR count). The van der Waals surface area contributed by atoms with Crippen LogP contribution >= 0.6 is 0 Å². The fraction of sp³-hybridized carbons (Fsp3) is 0.385. The summed E-state index contributed by atoms with van der Waals surface area (Å²) in [5.41, 5.74) is 1.99. The number of amides is 1. The molecule has 0 aliphatic rings. The third kappa shape index (κ3) is 5.34. The first-order chi connectivity index (χ1) is 8.47.